The summed E-state index contributed by atoms with van der Waals surface area (Å²) in [4.78, 5) is 20.3. The molecular weight excluding hydrogens is 212 g/mol. The van der Waals surface area contributed by atoms with Crippen molar-refractivity contribution in [3.63, 3.8) is 0 Å². The predicted octanol–water partition coefficient (Wildman–Crippen LogP) is 2.36. The van der Waals surface area contributed by atoms with Crippen molar-refractivity contribution in [2.24, 2.45) is 0 Å². The van der Waals surface area contributed by atoms with Gasteiger partial charge >= 0.3 is 0 Å². The highest BCUT2D eigenvalue weighted by molar-refractivity contribution is 5.26. The van der Waals surface area contributed by atoms with Gasteiger partial charge in [0.1, 0.15) is 0 Å². The molecule has 2 unspecified atom stereocenters. The smallest absolute Gasteiger partial charge is 0.235 e. The predicted molar refractivity (Wildman–Crippen MR) is 57.3 cm³/mol. The van der Waals surface area contributed by atoms with Gasteiger partial charge in [0.05, 0.1) is 0 Å². The Bertz CT molecular complexity index is 384. The van der Waals surface area contributed by atoms with Crippen molar-refractivity contribution in [1.29, 1.82) is 0 Å². The Kier molecular flexibility index (Phi) is 3.55. The van der Waals surface area contributed by atoms with Crippen LogP contribution < -0.4 is 0 Å². The molecule has 0 aliphatic heterocycles. The van der Waals surface area contributed by atoms with Crippen molar-refractivity contribution in [2.75, 3.05) is 0 Å². The highest BCUT2D eigenvalue weighted by Crippen LogP contribution is 2.22. The number of nitrogens with zero attached hydrogens (tertiary/aromatic N) is 2. The van der Waals surface area contributed by atoms with Gasteiger partial charge in [0.2, 0.25) is 12.1 Å². The van der Waals surface area contributed by atoms with Crippen LogP contribution in [0.4, 0.5) is 0 Å². The lowest BCUT2D eigenvalue weighted by Gasteiger charge is -2.07. The zero-order valence-corrected chi connectivity index (χ0v) is 8.99. The van der Waals surface area contributed by atoms with E-state index in [0.29, 0.717) is 11.1 Å². The number of benzene rings is 1. The van der Waals surface area contributed by atoms with Gasteiger partial charge in [0.25, 0.3) is 0 Å². The highest BCUT2D eigenvalue weighted by atomic mass is 16.6. The lowest BCUT2D eigenvalue weighted by Crippen LogP contribution is -2.09. The van der Waals surface area contributed by atoms with Crippen molar-refractivity contribution in [1.82, 2.24) is 0 Å². The summed E-state index contributed by atoms with van der Waals surface area (Å²) in [5, 5.41) is 21.2. The van der Waals surface area contributed by atoms with Crippen LogP contribution >= 0.6 is 0 Å². The molecule has 1 aromatic carbocycles. The van der Waals surface area contributed by atoms with Crippen LogP contribution in [0.15, 0.2) is 24.3 Å². The molecule has 0 aliphatic rings. The fourth-order valence-electron chi connectivity index (χ4n) is 1.32. The van der Waals surface area contributed by atoms with Gasteiger partial charge in [0, 0.05) is 34.8 Å². The lowest BCUT2D eigenvalue weighted by molar-refractivity contribution is -0.525. The van der Waals surface area contributed by atoms with Crippen LogP contribution in [0, 0.1) is 20.2 Å². The maximum atomic E-state index is 10.6. The minimum absolute atomic E-state index is 0.421. The second-order valence-corrected chi connectivity index (χ2v) is 3.59. The SMILES string of the molecule is CC(c1cccc(C(C)[N+](=O)[O-])c1)[N+](=O)[O-]. The molecule has 0 amide bonds. The van der Waals surface area contributed by atoms with Crippen LogP contribution in [-0.4, -0.2) is 9.85 Å². The first-order valence-corrected chi connectivity index (χ1v) is 4.80. The van der Waals surface area contributed by atoms with Crippen molar-refractivity contribution < 1.29 is 9.85 Å². The van der Waals surface area contributed by atoms with E-state index in [1.54, 1.807) is 18.2 Å². The van der Waals surface area contributed by atoms with Crippen molar-refractivity contribution in [3.05, 3.63) is 55.6 Å². The monoisotopic (exact) mass is 224 g/mol. The molecule has 6 nitrogen and oxygen atoms in total. The summed E-state index contributed by atoms with van der Waals surface area (Å²) in [6, 6.07) is 4.62. The molecule has 6 heteroatoms. The van der Waals surface area contributed by atoms with Crippen LogP contribution in [0.1, 0.15) is 37.1 Å². The number of hydrogen-bond acceptors (Lipinski definition) is 4. The molecule has 0 bridgehead atoms. The van der Waals surface area contributed by atoms with E-state index < -0.39 is 21.9 Å². The van der Waals surface area contributed by atoms with Crippen molar-refractivity contribution in [2.45, 2.75) is 25.9 Å². The van der Waals surface area contributed by atoms with Gasteiger partial charge in [-0.15, -0.1) is 0 Å². The normalized spacial score (nSPS) is 14.1. The van der Waals surface area contributed by atoms with Gasteiger partial charge in [-0.25, -0.2) is 0 Å². The molecule has 86 valence electrons. The van der Waals surface area contributed by atoms with Gasteiger partial charge in [-0.05, 0) is 6.07 Å². The van der Waals surface area contributed by atoms with E-state index in [1.807, 2.05) is 0 Å². The number of hydrogen-bond donors (Lipinski definition) is 0. The molecule has 0 saturated heterocycles. The maximum absolute atomic E-state index is 10.6. The fourth-order valence-corrected chi connectivity index (χ4v) is 1.32. The molecule has 2 atom stereocenters. The van der Waals surface area contributed by atoms with E-state index in [9.17, 15) is 20.2 Å². The van der Waals surface area contributed by atoms with Gasteiger partial charge in [0.15, 0.2) is 0 Å². The highest BCUT2D eigenvalue weighted by Gasteiger charge is 2.20. The molecule has 0 spiro atoms. The summed E-state index contributed by atoms with van der Waals surface area (Å²) in [6.07, 6.45) is 0. The van der Waals surface area contributed by atoms with Gasteiger partial charge in [-0.2, -0.15) is 0 Å². The Morgan fingerprint density at radius 1 is 1.00 bits per heavy atom. The van der Waals surface area contributed by atoms with Crippen molar-refractivity contribution >= 4 is 0 Å². The summed E-state index contributed by atoms with van der Waals surface area (Å²) in [5.74, 6) is 0. The maximum Gasteiger partial charge on any atom is 0.235 e. The van der Waals surface area contributed by atoms with E-state index in [-0.39, 0.29) is 0 Å². The Morgan fingerprint density at radius 3 is 1.69 bits per heavy atom. The van der Waals surface area contributed by atoms with E-state index in [1.165, 1.54) is 19.9 Å². The standard InChI is InChI=1S/C10H12N2O4/c1-7(11(13)14)9-4-3-5-10(6-9)8(2)12(15)16/h3-8H,1-2H3. The summed E-state index contributed by atoms with van der Waals surface area (Å²) in [5.41, 5.74) is 0.965. The molecule has 0 fully saturated rings. The molecule has 1 aromatic rings. The largest absolute Gasteiger partial charge is 0.264 e. The molecule has 0 aromatic heterocycles. The Balaban J connectivity index is 3.04. The van der Waals surface area contributed by atoms with E-state index >= 15 is 0 Å². The van der Waals surface area contributed by atoms with E-state index in [4.69, 9.17) is 0 Å². The van der Waals surface area contributed by atoms with Crippen LogP contribution in [0.5, 0.6) is 0 Å². The summed E-state index contributed by atoms with van der Waals surface area (Å²) >= 11 is 0. The Morgan fingerprint density at radius 2 is 1.38 bits per heavy atom. The minimum atomic E-state index is -0.848. The third-order valence-corrected chi connectivity index (χ3v) is 2.51. The quantitative estimate of drug-likeness (QED) is 0.580. The fraction of sp³-hybridized carbons (Fsp3) is 0.400. The van der Waals surface area contributed by atoms with E-state index in [0.717, 1.165) is 0 Å². The average molecular weight is 224 g/mol. The molecular formula is C10H12N2O4. The van der Waals surface area contributed by atoms with Gasteiger partial charge in [-0.1, -0.05) is 18.2 Å². The third kappa shape index (κ3) is 2.53. The molecule has 0 heterocycles. The molecule has 0 saturated carbocycles. The number of nitro groups is 2. The van der Waals surface area contributed by atoms with Gasteiger partial charge < -0.3 is 0 Å². The van der Waals surface area contributed by atoms with Crippen LogP contribution in [0.25, 0.3) is 0 Å². The van der Waals surface area contributed by atoms with Crippen molar-refractivity contribution in [3.8, 4) is 0 Å². The second kappa shape index (κ2) is 4.69. The molecule has 0 radical (unpaired) electrons. The van der Waals surface area contributed by atoms with E-state index in [2.05, 4.69) is 0 Å². The summed E-state index contributed by atoms with van der Waals surface area (Å²) < 4.78 is 0. The first-order valence-electron chi connectivity index (χ1n) is 4.80. The topological polar surface area (TPSA) is 86.3 Å². The summed E-state index contributed by atoms with van der Waals surface area (Å²) in [6.45, 7) is 2.91. The first kappa shape index (κ1) is 12.1. The van der Waals surface area contributed by atoms with Crippen LogP contribution in [0.3, 0.4) is 0 Å². The van der Waals surface area contributed by atoms with Crippen LogP contribution in [0.2, 0.25) is 0 Å². The summed E-state index contributed by atoms with van der Waals surface area (Å²) in [7, 11) is 0. The second-order valence-electron chi connectivity index (χ2n) is 3.59. The number of rotatable bonds is 4. The molecule has 0 N–H and O–H groups in total. The Labute approximate surface area is 92.2 Å². The zero-order valence-electron chi connectivity index (χ0n) is 8.99. The third-order valence-electron chi connectivity index (χ3n) is 2.51. The zero-order chi connectivity index (χ0) is 12.3. The lowest BCUT2D eigenvalue weighted by atomic mass is 10.0. The molecule has 0 aliphatic carbocycles. The minimum Gasteiger partial charge on any atom is -0.264 e. The Hall–Kier alpha value is -1.98. The average Bonchev–Trinajstić information content (AvgIpc) is 2.26. The molecule has 16 heavy (non-hydrogen) atoms. The van der Waals surface area contributed by atoms with Crippen LogP contribution in [-0.2, 0) is 0 Å². The van der Waals surface area contributed by atoms with Gasteiger partial charge in [-0.3, -0.25) is 20.2 Å². The first-order chi connectivity index (χ1) is 7.43. The molecule has 1 rings (SSSR count).